The highest BCUT2D eigenvalue weighted by atomic mass is 16.5. The van der Waals surface area contributed by atoms with Crippen LogP contribution in [0.1, 0.15) is 12.8 Å². The number of hydrogen-bond donors (Lipinski definition) is 0. The second kappa shape index (κ2) is 3.45. The van der Waals surface area contributed by atoms with Crippen molar-refractivity contribution in [2.75, 3.05) is 13.2 Å². The van der Waals surface area contributed by atoms with E-state index in [-0.39, 0.29) is 24.1 Å². The van der Waals surface area contributed by atoms with Gasteiger partial charge >= 0.3 is 0 Å². The second-order valence-corrected chi connectivity index (χ2v) is 4.23. The number of nitrogens with zero attached hydrogens (tertiary/aromatic N) is 2. The average molecular weight is 206 g/mol. The molecule has 4 nitrogen and oxygen atoms in total. The minimum Gasteiger partial charge on any atom is -0.353 e. The molecule has 1 fully saturated rings. The summed E-state index contributed by atoms with van der Waals surface area (Å²) in [5.41, 5.74) is 0. The molecular formula is C11H14N2O2. The normalized spacial score (nSPS) is 38.8. The van der Waals surface area contributed by atoms with Crippen LogP contribution in [0.2, 0.25) is 0 Å². The van der Waals surface area contributed by atoms with Crippen LogP contribution in [-0.2, 0) is 9.53 Å². The lowest BCUT2D eigenvalue weighted by atomic mass is 9.98. The topological polar surface area (TPSA) is 41.9 Å². The van der Waals surface area contributed by atoms with E-state index in [1.165, 1.54) is 0 Å². The van der Waals surface area contributed by atoms with Gasteiger partial charge in [0.25, 0.3) is 0 Å². The van der Waals surface area contributed by atoms with Gasteiger partial charge in [0.05, 0.1) is 18.6 Å². The third kappa shape index (κ3) is 1.40. The van der Waals surface area contributed by atoms with Crippen LogP contribution in [0, 0.1) is 5.92 Å². The van der Waals surface area contributed by atoms with Gasteiger partial charge in [-0.25, -0.2) is 0 Å². The van der Waals surface area contributed by atoms with Gasteiger partial charge in [0.1, 0.15) is 0 Å². The monoisotopic (exact) mass is 206 g/mol. The number of carbonyl (C=O) groups excluding carboxylic acids is 1. The molecule has 3 aliphatic rings. The molecule has 0 radical (unpaired) electrons. The van der Waals surface area contributed by atoms with Gasteiger partial charge in [-0.3, -0.25) is 9.79 Å². The largest absolute Gasteiger partial charge is 0.353 e. The Morgan fingerprint density at radius 1 is 1.53 bits per heavy atom. The van der Waals surface area contributed by atoms with Crippen molar-refractivity contribution in [3.63, 3.8) is 0 Å². The quantitative estimate of drug-likeness (QED) is 0.544. The maximum Gasteiger partial charge on any atom is 0.231 e. The highest BCUT2D eigenvalue weighted by Crippen LogP contribution is 2.28. The Kier molecular flexibility index (Phi) is 2.09. The highest BCUT2D eigenvalue weighted by Gasteiger charge is 2.39. The first-order valence-electron chi connectivity index (χ1n) is 5.46. The highest BCUT2D eigenvalue weighted by molar-refractivity contribution is 5.82. The summed E-state index contributed by atoms with van der Waals surface area (Å²) >= 11 is 0. The van der Waals surface area contributed by atoms with Crippen molar-refractivity contribution in [2.24, 2.45) is 10.9 Å². The summed E-state index contributed by atoms with van der Waals surface area (Å²) in [5, 5.41) is 0. The van der Waals surface area contributed by atoms with Gasteiger partial charge in [-0.15, -0.1) is 0 Å². The number of rotatable bonds is 0. The van der Waals surface area contributed by atoms with Crippen LogP contribution in [0.15, 0.2) is 17.1 Å². The zero-order chi connectivity index (χ0) is 10.3. The van der Waals surface area contributed by atoms with Crippen molar-refractivity contribution in [3.8, 4) is 0 Å². The van der Waals surface area contributed by atoms with Crippen LogP contribution in [-0.4, -0.2) is 42.4 Å². The molecule has 1 saturated heterocycles. The van der Waals surface area contributed by atoms with Crippen LogP contribution in [0.3, 0.4) is 0 Å². The predicted octanol–water partition coefficient (Wildman–Crippen LogP) is 0.591. The molecule has 0 N–H and O–H groups in total. The fraction of sp³-hybridized carbons (Fsp3) is 0.636. The van der Waals surface area contributed by atoms with Gasteiger partial charge in [-0.05, 0) is 12.8 Å². The van der Waals surface area contributed by atoms with E-state index in [1.807, 2.05) is 17.2 Å². The van der Waals surface area contributed by atoms with E-state index in [2.05, 4.69) is 11.1 Å². The number of ether oxygens (including phenoxy) is 1. The molecule has 0 aromatic carbocycles. The van der Waals surface area contributed by atoms with E-state index in [0.29, 0.717) is 6.61 Å². The summed E-state index contributed by atoms with van der Waals surface area (Å²) in [6.07, 6.45) is 7.50. The van der Waals surface area contributed by atoms with Crippen molar-refractivity contribution >= 4 is 12.1 Å². The lowest BCUT2D eigenvalue weighted by Crippen LogP contribution is -2.41. The van der Waals surface area contributed by atoms with Gasteiger partial charge in [0.2, 0.25) is 5.91 Å². The van der Waals surface area contributed by atoms with Crippen LogP contribution in [0.4, 0.5) is 0 Å². The first kappa shape index (κ1) is 9.09. The van der Waals surface area contributed by atoms with Crippen molar-refractivity contribution < 1.29 is 9.53 Å². The summed E-state index contributed by atoms with van der Waals surface area (Å²) in [5.74, 6) is 0.157. The summed E-state index contributed by atoms with van der Waals surface area (Å²) in [6.45, 7) is 1.32. The number of fused-ring (bicyclic) bond motifs is 2. The Labute approximate surface area is 88.6 Å². The summed E-state index contributed by atoms with van der Waals surface area (Å²) in [7, 11) is 0. The molecular weight excluding hydrogens is 192 g/mol. The van der Waals surface area contributed by atoms with Crippen LogP contribution >= 0.6 is 0 Å². The Balaban J connectivity index is 1.88. The van der Waals surface area contributed by atoms with Crippen molar-refractivity contribution in [1.29, 1.82) is 0 Å². The van der Waals surface area contributed by atoms with Crippen LogP contribution in [0.25, 0.3) is 0 Å². The number of hydrogen-bond acceptors (Lipinski definition) is 3. The van der Waals surface area contributed by atoms with E-state index in [0.717, 1.165) is 19.4 Å². The third-order valence-corrected chi connectivity index (χ3v) is 3.30. The SMILES string of the molecule is O=C1C2CCC=N[C@H]2OCC2C=CCN12. The minimum atomic E-state index is -0.231. The molecule has 2 unspecified atom stereocenters. The van der Waals surface area contributed by atoms with Gasteiger partial charge in [-0.2, -0.15) is 0 Å². The van der Waals surface area contributed by atoms with E-state index in [4.69, 9.17) is 4.74 Å². The molecule has 0 aliphatic carbocycles. The lowest BCUT2D eigenvalue weighted by molar-refractivity contribution is -0.136. The predicted molar refractivity (Wildman–Crippen MR) is 55.6 cm³/mol. The van der Waals surface area contributed by atoms with E-state index < -0.39 is 0 Å². The maximum absolute atomic E-state index is 12.2. The molecule has 3 heterocycles. The maximum atomic E-state index is 12.2. The molecule has 1 amide bonds. The van der Waals surface area contributed by atoms with Crippen LogP contribution in [0.5, 0.6) is 0 Å². The first-order chi connectivity index (χ1) is 7.36. The van der Waals surface area contributed by atoms with Gasteiger partial charge in [0, 0.05) is 12.8 Å². The summed E-state index contributed by atoms with van der Waals surface area (Å²) < 4.78 is 5.68. The zero-order valence-electron chi connectivity index (χ0n) is 8.50. The molecule has 0 saturated carbocycles. The Hall–Kier alpha value is -1.16. The molecule has 15 heavy (non-hydrogen) atoms. The Morgan fingerprint density at radius 2 is 2.47 bits per heavy atom. The van der Waals surface area contributed by atoms with Gasteiger partial charge < -0.3 is 9.64 Å². The van der Waals surface area contributed by atoms with Crippen molar-refractivity contribution in [2.45, 2.75) is 25.1 Å². The fourth-order valence-corrected chi connectivity index (χ4v) is 2.46. The molecule has 3 atom stereocenters. The van der Waals surface area contributed by atoms with E-state index >= 15 is 0 Å². The second-order valence-electron chi connectivity index (χ2n) is 4.23. The Morgan fingerprint density at radius 3 is 3.40 bits per heavy atom. The molecule has 3 rings (SSSR count). The number of carbonyl (C=O) groups is 1. The molecule has 0 aromatic rings. The van der Waals surface area contributed by atoms with Crippen molar-refractivity contribution in [3.05, 3.63) is 12.2 Å². The standard InChI is InChI=1S/C11H14N2O2/c14-11-9-4-1-5-12-10(9)15-7-8-3-2-6-13(8)11/h2-3,5,8-10H,1,4,6-7H2/t8?,9?,10-/m0/s1. The van der Waals surface area contributed by atoms with Gasteiger partial charge in [0.15, 0.2) is 6.23 Å². The summed E-state index contributed by atoms with van der Waals surface area (Å²) in [6, 6.07) is 0.137. The molecule has 3 aliphatic heterocycles. The van der Waals surface area contributed by atoms with E-state index in [1.54, 1.807) is 0 Å². The fourth-order valence-electron chi connectivity index (χ4n) is 2.46. The van der Waals surface area contributed by atoms with Crippen LogP contribution < -0.4 is 0 Å². The smallest absolute Gasteiger partial charge is 0.231 e. The Bertz CT molecular complexity index is 337. The molecule has 0 aromatic heterocycles. The zero-order valence-corrected chi connectivity index (χ0v) is 8.50. The molecule has 80 valence electrons. The first-order valence-corrected chi connectivity index (χ1v) is 5.46. The van der Waals surface area contributed by atoms with Gasteiger partial charge in [-0.1, -0.05) is 12.2 Å². The minimum absolute atomic E-state index is 0.0556. The molecule has 0 spiro atoms. The summed E-state index contributed by atoms with van der Waals surface area (Å²) in [4.78, 5) is 18.4. The number of aliphatic imine (C=N–C) groups is 1. The van der Waals surface area contributed by atoms with E-state index in [9.17, 15) is 4.79 Å². The third-order valence-electron chi connectivity index (χ3n) is 3.30. The molecule has 0 bridgehead atoms. The lowest BCUT2D eigenvalue weighted by Gasteiger charge is -2.26. The molecule has 4 heteroatoms. The number of amides is 1. The van der Waals surface area contributed by atoms with Crippen molar-refractivity contribution in [1.82, 2.24) is 4.90 Å². The average Bonchev–Trinajstić information content (AvgIpc) is 2.69.